The van der Waals surface area contributed by atoms with Crippen LogP contribution in [0.1, 0.15) is 32.3 Å². The highest BCUT2D eigenvalue weighted by Gasteiger charge is 2.22. The molecule has 0 aliphatic heterocycles. The van der Waals surface area contributed by atoms with Crippen molar-refractivity contribution in [2.24, 2.45) is 0 Å². The number of aryl methyl sites for hydroxylation is 1. The average Bonchev–Trinajstić information content (AvgIpc) is 3.09. The lowest BCUT2D eigenvalue weighted by Gasteiger charge is -2.18. The Labute approximate surface area is 272 Å². The minimum Gasteiger partial charge on any atom is -0.497 e. The van der Waals surface area contributed by atoms with Gasteiger partial charge in [0.05, 0.1) is 7.11 Å². The van der Waals surface area contributed by atoms with Gasteiger partial charge in [0, 0.05) is 21.8 Å². The molecule has 3 amide bonds. The van der Waals surface area contributed by atoms with Crippen molar-refractivity contribution in [1.82, 2.24) is 5.32 Å². The van der Waals surface area contributed by atoms with Crippen molar-refractivity contribution in [1.29, 1.82) is 0 Å². The Morgan fingerprint density at radius 3 is 1.91 bits per heavy atom. The molecule has 0 spiro atoms. The second-order valence-corrected chi connectivity index (χ2v) is 11.6. The molecule has 1 atom stereocenters. The highest BCUT2D eigenvalue weighted by Crippen LogP contribution is 2.36. The lowest BCUT2D eigenvalue weighted by molar-refractivity contribution is -0.116. The monoisotopic (exact) mass is 627 g/mol. The van der Waals surface area contributed by atoms with Crippen LogP contribution in [0.3, 0.4) is 0 Å². The van der Waals surface area contributed by atoms with Gasteiger partial charge in [-0.15, -0.1) is 11.8 Å². The summed E-state index contributed by atoms with van der Waals surface area (Å²) < 4.78 is 5.23. The molecule has 0 bridgehead atoms. The van der Waals surface area contributed by atoms with Crippen LogP contribution in [0, 0.1) is 6.92 Å². The molecule has 3 N–H and O–H groups in total. The van der Waals surface area contributed by atoms with Crippen LogP contribution < -0.4 is 20.7 Å². The first-order valence-electron chi connectivity index (χ1n) is 14.6. The smallest absolute Gasteiger partial charge is 0.272 e. The van der Waals surface area contributed by atoms with E-state index in [4.69, 9.17) is 4.74 Å². The van der Waals surface area contributed by atoms with Gasteiger partial charge in [0.25, 0.3) is 11.8 Å². The second-order valence-electron chi connectivity index (χ2n) is 10.4. The molecule has 0 aromatic heterocycles. The SMILES string of the molecule is COc1ccc(/C=C(\NC(=O)c2ccccc2)C(=O)Nc2ccc(SC(C(=O)Nc3ccc(C)cc3)c3ccccc3)cc2)cc1. The molecule has 5 aromatic carbocycles. The average molecular weight is 628 g/mol. The molecule has 7 nitrogen and oxygen atoms in total. The molecule has 1 unspecified atom stereocenters. The first-order valence-corrected chi connectivity index (χ1v) is 15.5. The van der Waals surface area contributed by atoms with Gasteiger partial charge in [-0.05, 0) is 84.8 Å². The lowest BCUT2D eigenvalue weighted by atomic mass is 10.1. The molecule has 0 fully saturated rings. The van der Waals surface area contributed by atoms with E-state index < -0.39 is 17.1 Å². The lowest BCUT2D eigenvalue weighted by Crippen LogP contribution is -2.30. The summed E-state index contributed by atoms with van der Waals surface area (Å²) in [7, 11) is 1.58. The number of rotatable bonds is 11. The van der Waals surface area contributed by atoms with E-state index >= 15 is 0 Å². The Morgan fingerprint density at radius 2 is 1.28 bits per heavy atom. The van der Waals surface area contributed by atoms with E-state index in [1.165, 1.54) is 11.8 Å². The van der Waals surface area contributed by atoms with Gasteiger partial charge in [-0.2, -0.15) is 0 Å². The molecule has 230 valence electrons. The van der Waals surface area contributed by atoms with Crippen LogP contribution in [0.4, 0.5) is 11.4 Å². The minimum atomic E-state index is -0.504. The standard InChI is InChI=1S/C38H33N3O4S/c1-26-13-17-30(18-14-26)40-38(44)35(28-9-5-3-6-10-28)46-33-23-19-31(20-24-33)39-37(43)34(25-27-15-21-32(45-2)22-16-27)41-36(42)29-11-7-4-8-12-29/h3-25,35H,1-2H3,(H,39,43)(H,40,44)(H,41,42)/b34-25-. The quantitative estimate of drug-likeness (QED) is 0.102. The van der Waals surface area contributed by atoms with Crippen LogP contribution in [0.2, 0.25) is 0 Å². The maximum atomic E-state index is 13.5. The molecule has 0 heterocycles. The summed E-state index contributed by atoms with van der Waals surface area (Å²) in [6, 6.07) is 40.4. The number of thioether (sulfide) groups is 1. The topological polar surface area (TPSA) is 96.5 Å². The highest BCUT2D eigenvalue weighted by atomic mass is 32.2. The molecule has 5 aromatic rings. The van der Waals surface area contributed by atoms with E-state index in [1.54, 1.807) is 73.8 Å². The van der Waals surface area contributed by atoms with Crippen molar-refractivity contribution >= 4 is 46.9 Å². The fourth-order valence-corrected chi connectivity index (χ4v) is 5.53. The van der Waals surface area contributed by atoms with Crippen molar-refractivity contribution in [3.8, 4) is 5.75 Å². The molecule has 46 heavy (non-hydrogen) atoms. The normalized spacial score (nSPS) is 11.7. The maximum Gasteiger partial charge on any atom is 0.272 e. The van der Waals surface area contributed by atoms with Crippen molar-refractivity contribution in [2.45, 2.75) is 17.1 Å². The Morgan fingerprint density at radius 1 is 0.696 bits per heavy atom. The van der Waals surface area contributed by atoms with Crippen molar-refractivity contribution < 1.29 is 19.1 Å². The van der Waals surface area contributed by atoms with Crippen molar-refractivity contribution in [3.63, 3.8) is 0 Å². The predicted octanol–water partition coefficient (Wildman–Crippen LogP) is 7.89. The molecule has 8 heteroatoms. The molecule has 0 saturated heterocycles. The number of ether oxygens (including phenoxy) is 1. The van der Waals surface area contributed by atoms with Crippen LogP contribution >= 0.6 is 11.8 Å². The number of carbonyl (C=O) groups is 3. The largest absolute Gasteiger partial charge is 0.497 e. The van der Waals surface area contributed by atoms with Gasteiger partial charge in [-0.25, -0.2) is 0 Å². The van der Waals surface area contributed by atoms with Crippen LogP contribution in [0.15, 0.2) is 144 Å². The number of anilines is 2. The van der Waals surface area contributed by atoms with Crippen LogP contribution in [-0.4, -0.2) is 24.8 Å². The predicted molar refractivity (Wildman–Crippen MR) is 185 cm³/mol. The van der Waals surface area contributed by atoms with Crippen LogP contribution in [0.25, 0.3) is 6.08 Å². The Balaban J connectivity index is 1.32. The fraction of sp³-hybridized carbons (Fsp3) is 0.0789. The third-order valence-electron chi connectivity index (χ3n) is 6.98. The molecule has 5 rings (SSSR count). The van der Waals surface area contributed by atoms with Gasteiger partial charge in [-0.1, -0.05) is 78.4 Å². The Kier molecular flexibility index (Phi) is 10.7. The van der Waals surface area contributed by atoms with Gasteiger partial charge in [0.15, 0.2) is 0 Å². The second kappa shape index (κ2) is 15.4. The fourth-order valence-electron chi connectivity index (χ4n) is 4.51. The summed E-state index contributed by atoms with van der Waals surface area (Å²) in [6.45, 7) is 2.00. The number of carbonyl (C=O) groups excluding carboxylic acids is 3. The Bertz CT molecular complexity index is 1810. The van der Waals surface area contributed by atoms with Gasteiger partial charge >= 0.3 is 0 Å². The summed E-state index contributed by atoms with van der Waals surface area (Å²) in [5.41, 5.74) is 4.46. The third-order valence-corrected chi connectivity index (χ3v) is 8.25. The van der Waals surface area contributed by atoms with Gasteiger partial charge in [-0.3, -0.25) is 14.4 Å². The third kappa shape index (κ3) is 8.74. The van der Waals surface area contributed by atoms with E-state index in [9.17, 15) is 14.4 Å². The van der Waals surface area contributed by atoms with E-state index in [1.807, 2.05) is 79.7 Å². The van der Waals surface area contributed by atoms with Gasteiger partial charge in [0.1, 0.15) is 16.7 Å². The molecule has 0 aliphatic rings. The molecule has 0 aliphatic carbocycles. The Hall–Kier alpha value is -5.60. The molecule has 0 radical (unpaired) electrons. The molecule has 0 saturated carbocycles. The summed E-state index contributed by atoms with van der Waals surface area (Å²) in [5, 5.41) is 8.15. The van der Waals surface area contributed by atoms with E-state index in [2.05, 4.69) is 16.0 Å². The first kappa shape index (κ1) is 31.8. The maximum absolute atomic E-state index is 13.5. The molecular weight excluding hydrogens is 595 g/mol. The van der Waals surface area contributed by atoms with E-state index in [0.29, 0.717) is 22.6 Å². The summed E-state index contributed by atoms with van der Waals surface area (Å²) in [4.78, 5) is 40.7. The summed E-state index contributed by atoms with van der Waals surface area (Å²) >= 11 is 1.41. The van der Waals surface area contributed by atoms with E-state index in [-0.39, 0.29) is 11.6 Å². The zero-order valence-electron chi connectivity index (χ0n) is 25.4. The number of hydrogen-bond acceptors (Lipinski definition) is 5. The molecular formula is C38H33N3O4S. The van der Waals surface area contributed by atoms with Crippen molar-refractivity contribution in [3.05, 3.63) is 161 Å². The zero-order valence-corrected chi connectivity index (χ0v) is 26.2. The van der Waals surface area contributed by atoms with Gasteiger partial charge in [0.2, 0.25) is 5.91 Å². The summed E-state index contributed by atoms with van der Waals surface area (Å²) in [5.74, 6) is -0.352. The van der Waals surface area contributed by atoms with Crippen LogP contribution in [-0.2, 0) is 9.59 Å². The number of nitrogens with one attached hydrogen (secondary N) is 3. The summed E-state index contributed by atoms with van der Waals surface area (Å²) in [6.07, 6.45) is 1.61. The highest BCUT2D eigenvalue weighted by molar-refractivity contribution is 8.00. The number of hydrogen-bond donors (Lipinski definition) is 3. The number of benzene rings is 5. The van der Waals surface area contributed by atoms with Crippen LogP contribution in [0.5, 0.6) is 5.75 Å². The van der Waals surface area contributed by atoms with Crippen molar-refractivity contribution in [2.75, 3.05) is 17.7 Å². The minimum absolute atomic E-state index is 0.0781. The number of methoxy groups -OCH3 is 1. The first-order chi connectivity index (χ1) is 22.4. The van der Waals surface area contributed by atoms with Gasteiger partial charge < -0.3 is 20.7 Å². The van der Waals surface area contributed by atoms with E-state index in [0.717, 1.165) is 21.7 Å². The zero-order chi connectivity index (χ0) is 32.3. The number of amides is 3.